The molecule has 0 bridgehead atoms. The fraction of sp³-hybridized carbons (Fsp3) is 0.276. The number of carbonyl (C=O) groups is 1. The predicted octanol–water partition coefficient (Wildman–Crippen LogP) is 3.79. The molecule has 12 heteroatoms. The smallest absolute Gasteiger partial charge is 0.255 e. The van der Waals surface area contributed by atoms with E-state index in [1.165, 1.54) is 18.5 Å². The summed E-state index contributed by atoms with van der Waals surface area (Å²) < 4.78 is 28.7. The van der Waals surface area contributed by atoms with Crippen molar-refractivity contribution in [3.05, 3.63) is 78.3 Å². The number of benzene rings is 2. The van der Waals surface area contributed by atoms with Gasteiger partial charge in [-0.25, -0.2) is 8.91 Å². The van der Waals surface area contributed by atoms with Crippen LogP contribution in [0.4, 0.5) is 10.1 Å². The summed E-state index contributed by atoms with van der Waals surface area (Å²) in [4.78, 5) is 30.1. The van der Waals surface area contributed by atoms with E-state index >= 15 is 4.39 Å². The van der Waals surface area contributed by atoms with Gasteiger partial charge in [-0.15, -0.1) is 0 Å². The first-order valence-corrected chi connectivity index (χ1v) is 13.3. The number of carbonyl (C=O) groups excluding carboxylic acids is 1. The molecule has 210 valence electrons. The van der Waals surface area contributed by atoms with Gasteiger partial charge < -0.3 is 19.7 Å². The van der Waals surface area contributed by atoms with Crippen molar-refractivity contribution in [3.8, 4) is 17.4 Å². The lowest BCUT2D eigenvalue weighted by Crippen LogP contribution is -2.45. The Morgan fingerprint density at radius 3 is 2.61 bits per heavy atom. The number of hydrogen-bond acceptors (Lipinski definition) is 9. The summed E-state index contributed by atoms with van der Waals surface area (Å²) in [5, 5.41) is 6.98. The van der Waals surface area contributed by atoms with Crippen molar-refractivity contribution in [2.75, 3.05) is 51.7 Å². The van der Waals surface area contributed by atoms with Crippen molar-refractivity contribution in [3.63, 3.8) is 0 Å². The summed E-state index contributed by atoms with van der Waals surface area (Å²) in [5.41, 5.74) is 3.31. The summed E-state index contributed by atoms with van der Waals surface area (Å²) in [6, 6.07) is 9.20. The van der Waals surface area contributed by atoms with Crippen LogP contribution in [0.25, 0.3) is 16.6 Å². The van der Waals surface area contributed by atoms with Gasteiger partial charge in [0.05, 0.1) is 17.2 Å². The number of likely N-dealkylation sites (N-methyl/N-ethyl adjacent to an activating group) is 1. The molecule has 1 amide bonds. The Hall–Kier alpha value is -4.68. The number of rotatable bonds is 8. The van der Waals surface area contributed by atoms with Gasteiger partial charge in [0.2, 0.25) is 5.88 Å². The standard InChI is InChI=1S/C29H29FN8O3/c1-19-26(40-14-13-37-11-9-36(2)10-12-37)17-38-27(19)29(33-18-34-38)41-25-6-4-21(16-22(25)30)35-28(39)20-3-5-23-24(15-20)32-8-7-31-23/h3-8,15-18H,9-14H2,1-2H3,(H,35,39). The number of amides is 1. The summed E-state index contributed by atoms with van der Waals surface area (Å²) >= 11 is 0. The Morgan fingerprint density at radius 2 is 1.80 bits per heavy atom. The topological polar surface area (TPSA) is 110 Å². The van der Waals surface area contributed by atoms with E-state index in [0.717, 1.165) is 38.3 Å². The summed E-state index contributed by atoms with van der Waals surface area (Å²) in [5.74, 6) is -0.228. The minimum absolute atomic E-state index is 0.0392. The average molecular weight is 557 g/mol. The maximum atomic E-state index is 15.1. The highest BCUT2D eigenvalue weighted by Gasteiger charge is 2.19. The third kappa shape index (κ3) is 5.79. The molecule has 0 atom stereocenters. The number of ether oxygens (including phenoxy) is 2. The molecule has 4 heterocycles. The minimum Gasteiger partial charge on any atom is -0.490 e. The number of hydrogen-bond donors (Lipinski definition) is 1. The molecule has 1 aliphatic heterocycles. The molecule has 1 fully saturated rings. The Bertz CT molecular complexity index is 1720. The molecule has 0 spiro atoms. The number of aryl methyl sites for hydroxylation is 1. The molecule has 2 aromatic carbocycles. The van der Waals surface area contributed by atoms with Crippen LogP contribution in [-0.2, 0) is 0 Å². The average Bonchev–Trinajstić information content (AvgIpc) is 3.31. The lowest BCUT2D eigenvalue weighted by molar-refractivity contribution is 0.102. The highest BCUT2D eigenvalue weighted by molar-refractivity contribution is 6.05. The Labute approximate surface area is 235 Å². The molecule has 0 aliphatic carbocycles. The first-order chi connectivity index (χ1) is 19.9. The molecular formula is C29H29FN8O3. The zero-order valence-electron chi connectivity index (χ0n) is 22.7. The van der Waals surface area contributed by atoms with Crippen LogP contribution in [0.15, 0.2) is 61.3 Å². The second-order valence-corrected chi connectivity index (χ2v) is 9.93. The van der Waals surface area contributed by atoms with Gasteiger partial charge in [-0.3, -0.25) is 19.7 Å². The van der Waals surface area contributed by atoms with Crippen LogP contribution in [0.1, 0.15) is 15.9 Å². The minimum atomic E-state index is -0.656. The van der Waals surface area contributed by atoms with Crippen molar-refractivity contribution >= 4 is 28.1 Å². The van der Waals surface area contributed by atoms with Crippen LogP contribution in [0.3, 0.4) is 0 Å². The summed E-state index contributed by atoms with van der Waals surface area (Å²) in [6.07, 6.45) is 6.26. The first kappa shape index (κ1) is 26.5. The molecule has 0 unspecified atom stereocenters. The monoisotopic (exact) mass is 556 g/mol. The molecule has 3 aromatic heterocycles. The van der Waals surface area contributed by atoms with Crippen molar-refractivity contribution in [2.45, 2.75) is 6.92 Å². The fourth-order valence-corrected chi connectivity index (χ4v) is 4.76. The first-order valence-electron chi connectivity index (χ1n) is 13.3. The van der Waals surface area contributed by atoms with Crippen molar-refractivity contribution in [2.24, 2.45) is 0 Å². The number of nitrogens with zero attached hydrogens (tertiary/aromatic N) is 7. The molecule has 1 saturated heterocycles. The van der Waals surface area contributed by atoms with E-state index in [-0.39, 0.29) is 17.3 Å². The van der Waals surface area contributed by atoms with Crippen molar-refractivity contribution in [1.29, 1.82) is 0 Å². The van der Waals surface area contributed by atoms with Gasteiger partial charge in [0.25, 0.3) is 5.91 Å². The highest BCUT2D eigenvalue weighted by Crippen LogP contribution is 2.33. The van der Waals surface area contributed by atoms with Gasteiger partial charge in [0, 0.05) is 68.0 Å². The second-order valence-electron chi connectivity index (χ2n) is 9.93. The quantitative estimate of drug-likeness (QED) is 0.305. The highest BCUT2D eigenvalue weighted by atomic mass is 19.1. The molecule has 5 aromatic rings. The molecular weight excluding hydrogens is 527 g/mol. The van der Waals surface area contributed by atoms with Crippen LogP contribution < -0.4 is 14.8 Å². The van der Waals surface area contributed by atoms with Crippen molar-refractivity contribution < 1.29 is 18.7 Å². The number of fused-ring (bicyclic) bond motifs is 2. The Balaban J connectivity index is 1.13. The Kier molecular flexibility index (Phi) is 7.40. The summed E-state index contributed by atoms with van der Waals surface area (Å²) in [6.45, 7) is 7.41. The maximum Gasteiger partial charge on any atom is 0.255 e. The van der Waals surface area contributed by atoms with Gasteiger partial charge in [0.15, 0.2) is 11.6 Å². The van der Waals surface area contributed by atoms with E-state index in [9.17, 15) is 4.79 Å². The van der Waals surface area contributed by atoms with Gasteiger partial charge in [-0.1, -0.05) is 0 Å². The van der Waals surface area contributed by atoms with Crippen LogP contribution in [-0.4, -0.2) is 86.7 Å². The number of nitrogens with one attached hydrogen (secondary N) is 1. The number of halogens is 1. The van der Waals surface area contributed by atoms with E-state index in [2.05, 4.69) is 42.2 Å². The zero-order valence-corrected chi connectivity index (χ0v) is 22.7. The summed E-state index contributed by atoms with van der Waals surface area (Å²) in [7, 11) is 2.13. The predicted molar refractivity (Wildman–Crippen MR) is 151 cm³/mol. The SMILES string of the molecule is Cc1c(OCCN2CCN(C)CC2)cn2ncnc(Oc3ccc(NC(=O)c4ccc5nccnc5c4)cc3F)c12. The Morgan fingerprint density at radius 1 is 1.00 bits per heavy atom. The molecule has 6 rings (SSSR count). The van der Waals surface area contributed by atoms with Crippen LogP contribution in [0, 0.1) is 12.7 Å². The number of piperazine rings is 1. The number of anilines is 1. The molecule has 0 saturated carbocycles. The van der Waals surface area contributed by atoms with Gasteiger partial charge in [0.1, 0.15) is 24.2 Å². The van der Waals surface area contributed by atoms with E-state index < -0.39 is 11.7 Å². The molecule has 1 N–H and O–H groups in total. The molecule has 41 heavy (non-hydrogen) atoms. The molecule has 0 radical (unpaired) electrons. The van der Waals surface area contributed by atoms with Crippen LogP contribution >= 0.6 is 0 Å². The zero-order chi connectivity index (χ0) is 28.3. The van der Waals surface area contributed by atoms with E-state index in [4.69, 9.17) is 9.47 Å². The van der Waals surface area contributed by atoms with Crippen molar-refractivity contribution in [1.82, 2.24) is 34.4 Å². The normalized spacial score (nSPS) is 14.4. The molecule has 1 aliphatic rings. The van der Waals surface area contributed by atoms with Crippen LogP contribution in [0.5, 0.6) is 17.4 Å². The maximum absolute atomic E-state index is 15.1. The van der Waals surface area contributed by atoms with E-state index in [0.29, 0.717) is 34.5 Å². The van der Waals surface area contributed by atoms with Gasteiger partial charge >= 0.3 is 0 Å². The van der Waals surface area contributed by atoms with E-state index in [1.807, 2.05) is 6.92 Å². The molecule has 11 nitrogen and oxygen atoms in total. The van der Waals surface area contributed by atoms with Gasteiger partial charge in [-0.05, 0) is 44.3 Å². The lowest BCUT2D eigenvalue weighted by Gasteiger charge is -2.32. The third-order valence-corrected chi connectivity index (χ3v) is 7.14. The van der Waals surface area contributed by atoms with Gasteiger partial charge in [-0.2, -0.15) is 10.1 Å². The fourth-order valence-electron chi connectivity index (χ4n) is 4.76. The van der Waals surface area contributed by atoms with Crippen LogP contribution in [0.2, 0.25) is 0 Å². The third-order valence-electron chi connectivity index (χ3n) is 7.14. The largest absolute Gasteiger partial charge is 0.490 e. The lowest BCUT2D eigenvalue weighted by atomic mass is 10.1. The second kappa shape index (κ2) is 11.4. The number of aromatic nitrogens is 5. The van der Waals surface area contributed by atoms with E-state index in [1.54, 1.807) is 47.4 Å².